The number of carbonyl (C=O) groups excluding carboxylic acids is 1. The van der Waals surface area contributed by atoms with Gasteiger partial charge in [0.25, 0.3) is 6.47 Å². The fraction of sp³-hybridized carbons (Fsp3) is 0.364. The second kappa shape index (κ2) is 6.95. The van der Waals surface area contributed by atoms with E-state index in [0.717, 1.165) is 11.3 Å². The molecular formula is C11H17NO2. The fourth-order valence-electron chi connectivity index (χ4n) is 0.985. The molecule has 0 aliphatic carbocycles. The van der Waals surface area contributed by atoms with E-state index < -0.39 is 0 Å². The van der Waals surface area contributed by atoms with Crippen LogP contribution in [0, 0.1) is 6.92 Å². The summed E-state index contributed by atoms with van der Waals surface area (Å²) in [6, 6.07) is 5.62. The minimum atomic E-state index is 0.426. The fourth-order valence-corrected chi connectivity index (χ4v) is 0.985. The summed E-state index contributed by atoms with van der Waals surface area (Å²) in [5.41, 5.74) is 1.87. The van der Waals surface area contributed by atoms with Gasteiger partial charge in [-0.3, -0.25) is 4.79 Å². The summed E-state index contributed by atoms with van der Waals surface area (Å²) in [7, 11) is 1.78. The molecule has 0 spiro atoms. The topological polar surface area (TPSA) is 38.3 Å². The third-order valence-corrected chi connectivity index (χ3v) is 1.58. The number of benzene rings is 1. The van der Waals surface area contributed by atoms with Crippen molar-refractivity contribution in [1.82, 2.24) is 0 Å². The van der Waals surface area contributed by atoms with Gasteiger partial charge in [-0.15, -0.1) is 0 Å². The Morgan fingerprint density at radius 1 is 1.36 bits per heavy atom. The molecule has 3 heteroatoms. The van der Waals surface area contributed by atoms with Crippen molar-refractivity contribution in [3.63, 3.8) is 0 Å². The summed E-state index contributed by atoms with van der Waals surface area (Å²) in [6.45, 7) is 6.37. The average molecular weight is 195 g/mol. The van der Waals surface area contributed by atoms with Gasteiger partial charge < -0.3 is 10.1 Å². The first-order valence-electron chi connectivity index (χ1n) is 4.66. The lowest BCUT2D eigenvalue weighted by molar-refractivity contribution is -0.120. The Labute approximate surface area is 85.1 Å². The van der Waals surface area contributed by atoms with E-state index in [1.54, 1.807) is 13.1 Å². The highest BCUT2D eigenvalue weighted by atomic mass is 16.5. The van der Waals surface area contributed by atoms with Gasteiger partial charge in [-0.2, -0.15) is 0 Å². The first kappa shape index (κ1) is 12.5. The van der Waals surface area contributed by atoms with Crippen LogP contribution < -0.4 is 10.1 Å². The molecule has 0 amide bonds. The number of anilines is 1. The van der Waals surface area contributed by atoms with E-state index in [0.29, 0.717) is 12.2 Å². The summed E-state index contributed by atoms with van der Waals surface area (Å²) in [4.78, 5) is 10.1. The zero-order valence-electron chi connectivity index (χ0n) is 9.13. The van der Waals surface area contributed by atoms with Crippen molar-refractivity contribution in [2.45, 2.75) is 20.8 Å². The Hall–Kier alpha value is -1.51. The van der Waals surface area contributed by atoms with Gasteiger partial charge in [0.15, 0.2) is 5.75 Å². The van der Waals surface area contributed by atoms with Gasteiger partial charge in [0.05, 0.1) is 5.69 Å². The van der Waals surface area contributed by atoms with E-state index >= 15 is 0 Å². The summed E-state index contributed by atoms with van der Waals surface area (Å²) >= 11 is 0. The summed E-state index contributed by atoms with van der Waals surface area (Å²) in [5, 5.41) is 2.92. The second-order valence-corrected chi connectivity index (χ2v) is 2.46. The minimum absolute atomic E-state index is 0.426. The van der Waals surface area contributed by atoms with Crippen LogP contribution in [0.15, 0.2) is 18.2 Å². The summed E-state index contributed by atoms with van der Waals surface area (Å²) in [5.74, 6) is 0.563. The molecule has 0 unspecified atom stereocenters. The van der Waals surface area contributed by atoms with Crippen LogP contribution in [0.3, 0.4) is 0 Å². The zero-order valence-corrected chi connectivity index (χ0v) is 9.13. The molecule has 0 heterocycles. The number of nitrogens with one attached hydrogen (secondary N) is 1. The van der Waals surface area contributed by atoms with Crippen molar-refractivity contribution in [1.29, 1.82) is 0 Å². The number of rotatable bonds is 3. The maximum absolute atomic E-state index is 10.1. The number of hydrogen-bond acceptors (Lipinski definition) is 3. The molecule has 0 saturated carbocycles. The Bertz CT molecular complexity index is 285. The van der Waals surface area contributed by atoms with Gasteiger partial charge in [0, 0.05) is 7.05 Å². The van der Waals surface area contributed by atoms with E-state index in [-0.39, 0.29) is 0 Å². The molecule has 0 fully saturated rings. The molecule has 1 aromatic rings. The SMILES string of the molecule is CC.CNc1ccc(C)cc1OC=O. The van der Waals surface area contributed by atoms with Crippen LogP contribution in [-0.2, 0) is 4.79 Å². The van der Waals surface area contributed by atoms with E-state index in [1.807, 2.05) is 32.9 Å². The molecule has 14 heavy (non-hydrogen) atoms. The molecule has 1 aromatic carbocycles. The van der Waals surface area contributed by atoms with Gasteiger partial charge in [0.1, 0.15) is 0 Å². The molecule has 0 radical (unpaired) electrons. The van der Waals surface area contributed by atoms with Crippen LogP contribution in [0.2, 0.25) is 0 Å². The molecular weight excluding hydrogens is 178 g/mol. The van der Waals surface area contributed by atoms with Crippen molar-refractivity contribution in [3.05, 3.63) is 23.8 Å². The minimum Gasteiger partial charge on any atom is -0.427 e. The van der Waals surface area contributed by atoms with Crippen molar-refractivity contribution in [2.24, 2.45) is 0 Å². The normalized spacial score (nSPS) is 8.29. The average Bonchev–Trinajstić information content (AvgIpc) is 2.22. The summed E-state index contributed by atoms with van der Waals surface area (Å²) in [6.07, 6.45) is 0. The molecule has 3 nitrogen and oxygen atoms in total. The first-order chi connectivity index (χ1) is 6.77. The van der Waals surface area contributed by atoms with Crippen LogP contribution in [0.4, 0.5) is 5.69 Å². The molecule has 1 N–H and O–H groups in total. The molecule has 0 aliphatic rings. The van der Waals surface area contributed by atoms with E-state index in [1.165, 1.54) is 0 Å². The van der Waals surface area contributed by atoms with E-state index in [4.69, 9.17) is 4.74 Å². The number of aryl methyl sites for hydroxylation is 1. The third-order valence-electron chi connectivity index (χ3n) is 1.58. The smallest absolute Gasteiger partial charge is 0.298 e. The lowest BCUT2D eigenvalue weighted by Crippen LogP contribution is -1.96. The summed E-state index contributed by atoms with van der Waals surface area (Å²) < 4.78 is 4.77. The van der Waals surface area contributed by atoms with Crippen LogP contribution in [-0.4, -0.2) is 13.5 Å². The van der Waals surface area contributed by atoms with E-state index in [9.17, 15) is 4.79 Å². The number of carbonyl (C=O) groups is 1. The zero-order chi connectivity index (χ0) is 11.0. The maximum Gasteiger partial charge on any atom is 0.298 e. The first-order valence-corrected chi connectivity index (χ1v) is 4.66. The molecule has 0 aliphatic heterocycles. The Kier molecular flexibility index (Phi) is 6.20. The van der Waals surface area contributed by atoms with Gasteiger partial charge in [0.2, 0.25) is 0 Å². The largest absolute Gasteiger partial charge is 0.427 e. The molecule has 0 aromatic heterocycles. The van der Waals surface area contributed by atoms with Crippen LogP contribution >= 0.6 is 0 Å². The highest BCUT2D eigenvalue weighted by Gasteiger charge is 2.00. The van der Waals surface area contributed by atoms with Crippen molar-refractivity contribution in [2.75, 3.05) is 12.4 Å². The van der Waals surface area contributed by atoms with Crippen LogP contribution in [0.25, 0.3) is 0 Å². The standard InChI is InChI=1S/C9H11NO2.C2H6/c1-7-3-4-8(10-2)9(5-7)12-6-11;1-2/h3-6,10H,1-2H3;1-2H3. The monoisotopic (exact) mass is 195 g/mol. The van der Waals surface area contributed by atoms with Gasteiger partial charge in [-0.05, 0) is 24.6 Å². The molecule has 0 bridgehead atoms. The molecule has 78 valence electrons. The third kappa shape index (κ3) is 3.47. The Morgan fingerprint density at radius 2 is 2.00 bits per heavy atom. The number of ether oxygens (including phenoxy) is 1. The lowest BCUT2D eigenvalue weighted by atomic mass is 10.2. The predicted molar refractivity (Wildman–Crippen MR) is 58.8 cm³/mol. The van der Waals surface area contributed by atoms with Gasteiger partial charge in [-0.1, -0.05) is 19.9 Å². The quantitative estimate of drug-likeness (QED) is 0.753. The number of hydrogen-bond donors (Lipinski definition) is 1. The van der Waals surface area contributed by atoms with Crippen molar-refractivity contribution < 1.29 is 9.53 Å². The molecule has 0 atom stereocenters. The Balaban J connectivity index is 0.000000791. The van der Waals surface area contributed by atoms with Crippen molar-refractivity contribution >= 4 is 12.2 Å². The van der Waals surface area contributed by atoms with Crippen LogP contribution in [0.1, 0.15) is 19.4 Å². The predicted octanol–water partition coefficient (Wildman–Crippen LogP) is 2.60. The molecule has 0 saturated heterocycles. The van der Waals surface area contributed by atoms with Gasteiger partial charge >= 0.3 is 0 Å². The highest BCUT2D eigenvalue weighted by molar-refractivity contribution is 5.61. The molecule has 1 rings (SSSR count). The van der Waals surface area contributed by atoms with Gasteiger partial charge in [-0.25, -0.2) is 0 Å². The second-order valence-electron chi connectivity index (χ2n) is 2.46. The highest BCUT2D eigenvalue weighted by Crippen LogP contribution is 2.24. The maximum atomic E-state index is 10.1. The van der Waals surface area contributed by atoms with Crippen molar-refractivity contribution in [3.8, 4) is 5.75 Å². The lowest BCUT2D eigenvalue weighted by Gasteiger charge is -2.06. The van der Waals surface area contributed by atoms with Crippen LogP contribution in [0.5, 0.6) is 5.75 Å². The van der Waals surface area contributed by atoms with E-state index in [2.05, 4.69) is 5.32 Å². The Morgan fingerprint density at radius 3 is 2.50 bits per heavy atom.